The number of benzene rings is 4. The van der Waals surface area contributed by atoms with Gasteiger partial charge in [0.25, 0.3) is 0 Å². The molecule has 1 heterocycles. The molecule has 0 unspecified atom stereocenters. The maximum atomic E-state index is 12.6. The number of hydrogen-bond acceptors (Lipinski definition) is 6. The molecule has 0 aliphatic heterocycles. The van der Waals surface area contributed by atoms with Gasteiger partial charge >= 0.3 is 6.61 Å². The third-order valence-electron chi connectivity index (χ3n) is 5.52. The number of thiazole rings is 1. The topological polar surface area (TPSA) is 57.3 Å². The summed E-state index contributed by atoms with van der Waals surface area (Å²) in [7, 11) is 1.61. The third kappa shape index (κ3) is 6.77. The minimum atomic E-state index is -2.89. The van der Waals surface area contributed by atoms with Crippen LogP contribution in [-0.2, 0) is 0 Å². The van der Waals surface area contributed by atoms with Crippen LogP contribution >= 0.6 is 11.3 Å². The van der Waals surface area contributed by atoms with E-state index in [0.29, 0.717) is 10.6 Å². The van der Waals surface area contributed by atoms with Gasteiger partial charge in [0, 0.05) is 10.9 Å². The van der Waals surface area contributed by atoms with Crippen LogP contribution in [0.2, 0.25) is 0 Å². The van der Waals surface area contributed by atoms with E-state index in [1.165, 1.54) is 23.5 Å². The number of aromatic nitrogens is 1. The van der Waals surface area contributed by atoms with E-state index in [9.17, 15) is 8.78 Å². The van der Waals surface area contributed by atoms with Gasteiger partial charge in [0.2, 0.25) is 4.80 Å². The van der Waals surface area contributed by atoms with Crippen molar-refractivity contribution < 1.29 is 23.0 Å². The predicted octanol–water partition coefficient (Wildman–Crippen LogP) is 7.73. The van der Waals surface area contributed by atoms with Crippen LogP contribution in [0.3, 0.4) is 0 Å². The molecular weight excluding hydrogens is 520 g/mol. The Labute approximate surface area is 227 Å². The van der Waals surface area contributed by atoms with Gasteiger partial charge in [-0.1, -0.05) is 30.3 Å². The summed E-state index contributed by atoms with van der Waals surface area (Å²) in [5, 5.41) is 6.65. The van der Waals surface area contributed by atoms with Crippen molar-refractivity contribution in [2.45, 2.75) is 6.61 Å². The molecule has 39 heavy (non-hydrogen) atoms. The van der Waals surface area contributed by atoms with Crippen molar-refractivity contribution in [1.29, 1.82) is 0 Å². The lowest BCUT2D eigenvalue weighted by Gasteiger charge is -2.07. The molecule has 0 spiro atoms. The SMILES string of the molecule is COc1ccc(N=c2scc(-c3ccc(OC(F)F)cc3)n2/N=C/c2cccc(Oc3ccccc3)c2)cc1. The highest BCUT2D eigenvalue weighted by Crippen LogP contribution is 2.25. The zero-order valence-corrected chi connectivity index (χ0v) is 21.6. The maximum absolute atomic E-state index is 12.6. The van der Waals surface area contributed by atoms with Gasteiger partial charge in [0.05, 0.1) is 24.7 Å². The lowest BCUT2D eigenvalue weighted by molar-refractivity contribution is -0.0498. The fourth-order valence-corrected chi connectivity index (χ4v) is 4.53. The van der Waals surface area contributed by atoms with Crippen molar-refractivity contribution in [2.24, 2.45) is 10.1 Å². The number of hydrogen-bond donors (Lipinski definition) is 0. The molecule has 0 fully saturated rings. The van der Waals surface area contributed by atoms with E-state index in [-0.39, 0.29) is 5.75 Å². The predicted molar refractivity (Wildman–Crippen MR) is 149 cm³/mol. The summed E-state index contributed by atoms with van der Waals surface area (Å²) in [4.78, 5) is 5.39. The van der Waals surface area contributed by atoms with Gasteiger partial charge in [0.15, 0.2) is 0 Å². The van der Waals surface area contributed by atoms with E-state index in [1.54, 1.807) is 30.1 Å². The van der Waals surface area contributed by atoms with Crippen molar-refractivity contribution in [1.82, 2.24) is 4.68 Å². The Bertz CT molecular complexity index is 1610. The Balaban J connectivity index is 1.50. The van der Waals surface area contributed by atoms with Gasteiger partial charge in [-0.15, -0.1) is 11.3 Å². The average Bonchev–Trinajstić information content (AvgIpc) is 3.35. The van der Waals surface area contributed by atoms with Gasteiger partial charge in [-0.3, -0.25) is 0 Å². The molecule has 0 amide bonds. The Kier molecular flexibility index (Phi) is 8.09. The first-order chi connectivity index (χ1) is 19.1. The molecule has 6 nitrogen and oxygen atoms in total. The quantitative estimate of drug-likeness (QED) is 0.179. The molecule has 4 aromatic carbocycles. The van der Waals surface area contributed by atoms with E-state index < -0.39 is 6.61 Å². The van der Waals surface area contributed by atoms with Crippen LogP contribution in [-0.4, -0.2) is 24.6 Å². The van der Waals surface area contributed by atoms with Gasteiger partial charge in [-0.05, 0) is 78.4 Å². The Morgan fingerprint density at radius 1 is 0.795 bits per heavy atom. The Morgan fingerprint density at radius 2 is 1.51 bits per heavy atom. The van der Waals surface area contributed by atoms with E-state index >= 15 is 0 Å². The monoisotopic (exact) mass is 543 g/mol. The van der Waals surface area contributed by atoms with E-state index in [1.807, 2.05) is 84.2 Å². The number of nitrogens with zero attached hydrogens (tertiary/aromatic N) is 3. The first-order valence-electron chi connectivity index (χ1n) is 11.9. The summed E-state index contributed by atoms with van der Waals surface area (Å²) in [6, 6.07) is 30.9. The summed E-state index contributed by atoms with van der Waals surface area (Å²) in [6.45, 7) is -2.89. The van der Waals surface area contributed by atoms with Crippen molar-refractivity contribution in [3.05, 3.63) is 119 Å². The van der Waals surface area contributed by atoms with Gasteiger partial charge in [-0.2, -0.15) is 13.9 Å². The van der Waals surface area contributed by atoms with Crippen LogP contribution in [0.4, 0.5) is 14.5 Å². The second-order valence-corrected chi connectivity index (χ2v) is 9.00. The minimum Gasteiger partial charge on any atom is -0.497 e. The lowest BCUT2D eigenvalue weighted by Crippen LogP contribution is -2.11. The van der Waals surface area contributed by atoms with Crippen molar-refractivity contribution in [3.8, 4) is 34.3 Å². The van der Waals surface area contributed by atoms with Crippen LogP contribution < -0.4 is 19.0 Å². The molecule has 0 saturated heterocycles. The summed E-state index contributed by atoms with van der Waals surface area (Å²) in [5.41, 5.74) is 3.06. The summed E-state index contributed by atoms with van der Waals surface area (Å²) < 4.78 is 42.6. The zero-order valence-electron chi connectivity index (χ0n) is 20.8. The molecular formula is C30H23F2N3O3S. The number of para-hydroxylation sites is 1. The second kappa shape index (κ2) is 12.2. The van der Waals surface area contributed by atoms with Crippen molar-refractivity contribution in [3.63, 3.8) is 0 Å². The van der Waals surface area contributed by atoms with Crippen LogP contribution in [0.5, 0.6) is 23.0 Å². The first-order valence-corrected chi connectivity index (χ1v) is 12.8. The van der Waals surface area contributed by atoms with Gasteiger partial charge in [-0.25, -0.2) is 9.67 Å². The van der Waals surface area contributed by atoms with Crippen LogP contribution in [0.1, 0.15) is 5.56 Å². The number of ether oxygens (including phenoxy) is 3. The van der Waals surface area contributed by atoms with Crippen molar-refractivity contribution >= 4 is 23.2 Å². The fourth-order valence-electron chi connectivity index (χ4n) is 3.67. The van der Waals surface area contributed by atoms with Crippen LogP contribution in [0.25, 0.3) is 11.3 Å². The lowest BCUT2D eigenvalue weighted by atomic mass is 10.2. The average molecular weight is 544 g/mol. The number of alkyl halides is 2. The first kappa shape index (κ1) is 25.9. The summed E-state index contributed by atoms with van der Waals surface area (Å²) in [5.74, 6) is 2.23. The van der Waals surface area contributed by atoms with Crippen LogP contribution in [0, 0.1) is 0 Å². The molecule has 0 saturated carbocycles. The van der Waals surface area contributed by atoms with Crippen LogP contribution in [0.15, 0.2) is 119 Å². The largest absolute Gasteiger partial charge is 0.497 e. The van der Waals surface area contributed by atoms with E-state index in [2.05, 4.69) is 4.74 Å². The normalized spacial score (nSPS) is 11.7. The minimum absolute atomic E-state index is 0.0809. The van der Waals surface area contributed by atoms with Gasteiger partial charge in [0.1, 0.15) is 23.0 Å². The molecule has 0 N–H and O–H groups in total. The molecule has 0 aliphatic rings. The number of rotatable bonds is 9. The smallest absolute Gasteiger partial charge is 0.387 e. The molecule has 196 valence electrons. The molecule has 0 atom stereocenters. The third-order valence-corrected chi connectivity index (χ3v) is 6.33. The summed E-state index contributed by atoms with van der Waals surface area (Å²) >= 11 is 1.41. The number of halogens is 2. The zero-order chi connectivity index (χ0) is 27.0. The molecule has 5 aromatic rings. The summed E-state index contributed by atoms with van der Waals surface area (Å²) in [6.07, 6.45) is 1.72. The van der Waals surface area contributed by atoms with Crippen molar-refractivity contribution in [2.75, 3.05) is 7.11 Å². The van der Waals surface area contributed by atoms with Gasteiger partial charge < -0.3 is 14.2 Å². The van der Waals surface area contributed by atoms with E-state index in [4.69, 9.17) is 19.6 Å². The maximum Gasteiger partial charge on any atom is 0.387 e. The second-order valence-electron chi connectivity index (χ2n) is 8.16. The molecule has 0 radical (unpaired) electrons. The Morgan fingerprint density at radius 3 is 2.23 bits per heavy atom. The Hall–Kier alpha value is -4.76. The fraction of sp³-hybridized carbons (Fsp3) is 0.0667. The molecule has 1 aromatic heterocycles. The molecule has 0 aliphatic carbocycles. The van der Waals surface area contributed by atoms with E-state index in [0.717, 1.165) is 34.0 Å². The highest BCUT2D eigenvalue weighted by atomic mass is 32.1. The highest BCUT2D eigenvalue weighted by Gasteiger charge is 2.10. The molecule has 5 rings (SSSR count). The highest BCUT2D eigenvalue weighted by molar-refractivity contribution is 7.07. The number of methoxy groups -OCH3 is 1. The molecule has 0 bridgehead atoms. The molecule has 9 heteroatoms. The standard InChI is InChI=1S/C30H23F2N3O3S/c1-36-24-16-12-23(13-17-24)34-30-35(28(20-39-30)22-10-14-26(15-11-22)38-29(31)32)33-19-21-6-5-9-27(18-21)37-25-7-3-2-4-8-25/h2-20,29H,1H3/b33-19+,34-30?.